The predicted octanol–water partition coefficient (Wildman–Crippen LogP) is 16.8. The van der Waals surface area contributed by atoms with E-state index in [2.05, 4.69) is 202 Å². The maximum atomic E-state index is 9.98. The summed E-state index contributed by atoms with van der Waals surface area (Å²) in [5.74, 6) is 1.73. The molecule has 8 aromatic carbocycles. The van der Waals surface area contributed by atoms with E-state index >= 15 is 0 Å². The Hall–Kier alpha value is -7.71. The van der Waals surface area contributed by atoms with E-state index in [1.807, 2.05) is 42.6 Å². The van der Waals surface area contributed by atoms with Crippen molar-refractivity contribution in [2.24, 2.45) is 0 Å². The number of aromatic nitrogens is 2. The molecule has 0 bridgehead atoms. The van der Waals surface area contributed by atoms with Crippen LogP contribution in [0.4, 0.5) is 22.7 Å². The Morgan fingerprint density at radius 3 is 1.90 bits per heavy atom. The topological polar surface area (TPSA) is 57.3 Å². The van der Waals surface area contributed by atoms with Crippen molar-refractivity contribution in [2.45, 2.75) is 59.2 Å². The molecule has 1 aliphatic rings. The van der Waals surface area contributed by atoms with Gasteiger partial charge in [0.1, 0.15) is 5.82 Å². The van der Waals surface area contributed by atoms with Crippen molar-refractivity contribution in [1.82, 2.24) is 9.55 Å². The summed E-state index contributed by atoms with van der Waals surface area (Å²) in [6.07, 6.45) is 1.84. The van der Waals surface area contributed by atoms with Crippen molar-refractivity contribution in [3.63, 3.8) is 0 Å². The third-order valence-electron chi connectivity index (χ3n) is 13.2. The smallest absolute Gasteiger partial charge is 0.135 e. The number of pyridine rings is 1. The monoisotopic (exact) mass is 1100 g/mol. The second-order valence-corrected chi connectivity index (χ2v) is 19.9. The zero-order chi connectivity index (χ0) is 50.8. The van der Waals surface area contributed by atoms with Crippen molar-refractivity contribution in [1.29, 1.82) is 5.26 Å². The molecule has 3 heterocycles. The van der Waals surface area contributed by atoms with E-state index in [1.54, 1.807) is 18.2 Å². The summed E-state index contributed by atoms with van der Waals surface area (Å²) in [6.45, 7) is 12.8. The Kier molecular flexibility index (Phi) is 11.3. The summed E-state index contributed by atoms with van der Waals surface area (Å²) in [7, 11) is 0. The van der Waals surface area contributed by atoms with Crippen LogP contribution < -0.4 is 14.5 Å². The van der Waals surface area contributed by atoms with Gasteiger partial charge in [-0.25, -0.2) is 4.98 Å². The van der Waals surface area contributed by atoms with Gasteiger partial charge in [0.05, 0.1) is 11.6 Å². The number of nitriles is 1. The fourth-order valence-electron chi connectivity index (χ4n) is 9.53. The third kappa shape index (κ3) is 8.70. The number of benzene rings is 8. The molecule has 11 rings (SSSR count). The Balaban J connectivity index is 0.00000626. The van der Waals surface area contributed by atoms with Gasteiger partial charge in [-0.05, 0) is 92.8 Å². The van der Waals surface area contributed by atoms with Crippen LogP contribution in [0.1, 0.15) is 67.9 Å². The zero-order valence-corrected chi connectivity index (χ0v) is 42.6. The van der Waals surface area contributed by atoms with Crippen LogP contribution in [0.15, 0.2) is 182 Å². The first-order valence-electron chi connectivity index (χ1n) is 25.1. The molecule has 0 amide bonds. The van der Waals surface area contributed by atoms with Gasteiger partial charge in [-0.2, -0.15) is 11.3 Å². The van der Waals surface area contributed by atoms with Gasteiger partial charge in [0.15, 0.2) is 0 Å². The second-order valence-electron chi connectivity index (χ2n) is 19.9. The van der Waals surface area contributed by atoms with Crippen LogP contribution in [0.5, 0.6) is 11.5 Å². The van der Waals surface area contributed by atoms with Gasteiger partial charge in [0.2, 0.25) is 0 Å². The molecule has 0 aliphatic carbocycles. The molecular formula is C64H52N5OPt-3. The maximum Gasteiger partial charge on any atom is 0.135 e. The number of ether oxygens (including phenoxy) is 1. The average Bonchev–Trinajstić information content (AvgIpc) is 3.94. The minimum absolute atomic E-state index is 0. The van der Waals surface area contributed by atoms with Gasteiger partial charge in [0, 0.05) is 76.6 Å². The van der Waals surface area contributed by atoms with Crippen molar-refractivity contribution in [3.8, 4) is 56.8 Å². The molecular weight excluding hydrogens is 1050 g/mol. The normalized spacial score (nSPS) is 13.3. The molecule has 1 aliphatic heterocycles. The van der Waals surface area contributed by atoms with Crippen LogP contribution >= 0.6 is 0 Å². The first-order chi connectivity index (χ1) is 35.0. The van der Waals surface area contributed by atoms with E-state index in [0.29, 0.717) is 28.4 Å². The van der Waals surface area contributed by atoms with Gasteiger partial charge in [-0.3, -0.25) is 0 Å². The van der Waals surface area contributed by atoms with Crippen LogP contribution in [0.2, 0.25) is 0 Å². The standard InChI is InChI=1S/C64H52N5O.Pt/c1-42-46(40-65)22-16-23-52(42)45-28-31-57-56(34-45)55-30-29-50(39-60(55)69(57)61-37-47(32-33-66-61)63(2,3)4)70-51-36-48(64(5,6)7)35-49(38-51)67-41-68(59-27-15-14-26-58(59)67)62-53(43-18-10-8-11-19-43)24-17-25-54(62)44-20-12-9-13-21-44;/h8-37,41H,1-7H3;/q-3;/i1D3;. The van der Waals surface area contributed by atoms with Gasteiger partial charge in [-0.15, -0.1) is 53.6 Å². The molecule has 71 heavy (non-hydrogen) atoms. The number of nitrogens with zero attached hydrogens (tertiary/aromatic N) is 5. The summed E-state index contributed by atoms with van der Waals surface area (Å²) < 4.78 is 34.2. The van der Waals surface area contributed by atoms with Gasteiger partial charge in [-0.1, -0.05) is 162 Å². The predicted molar refractivity (Wildman–Crippen MR) is 287 cm³/mol. The van der Waals surface area contributed by atoms with Crippen LogP contribution in [-0.4, -0.2) is 9.55 Å². The van der Waals surface area contributed by atoms with Gasteiger partial charge in [0.25, 0.3) is 0 Å². The number of fused-ring (bicyclic) bond motifs is 4. The average molecular weight is 1110 g/mol. The van der Waals surface area contributed by atoms with Crippen molar-refractivity contribution >= 4 is 44.6 Å². The minimum atomic E-state index is -2.50. The van der Waals surface area contributed by atoms with E-state index in [9.17, 15) is 5.26 Å². The van der Waals surface area contributed by atoms with Crippen LogP contribution in [0.25, 0.3) is 61.0 Å². The molecule has 0 N–H and O–H groups in total. The minimum Gasteiger partial charge on any atom is -0.509 e. The molecule has 352 valence electrons. The van der Waals surface area contributed by atoms with Crippen molar-refractivity contribution < 1.29 is 29.9 Å². The summed E-state index contributed by atoms with van der Waals surface area (Å²) in [4.78, 5) is 9.42. The second kappa shape index (κ2) is 18.6. The molecule has 0 saturated carbocycles. The molecule has 6 nitrogen and oxygen atoms in total. The largest absolute Gasteiger partial charge is 0.509 e. The maximum absolute atomic E-state index is 9.98. The summed E-state index contributed by atoms with van der Waals surface area (Å²) in [6, 6.07) is 68.9. The van der Waals surface area contributed by atoms with E-state index < -0.39 is 6.85 Å². The van der Waals surface area contributed by atoms with E-state index in [-0.39, 0.29) is 43.0 Å². The van der Waals surface area contributed by atoms with Gasteiger partial charge < -0.3 is 19.1 Å². The summed E-state index contributed by atoms with van der Waals surface area (Å²) in [5.41, 5.74) is 13.1. The Labute approximate surface area is 435 Å². The molecule has 0 spiro atoms. The molecule has 0 saturated heterocycles. The molecule has 0 unspecified atom stereocenters. The Morgan fingerprint density at radius 1 is 0.592 bits per heavy atom. The van der Waals surface area contributed by atoms with E-state index in [0.717, 1.165) is 77.9 Å². The van der Waals surface area contributed by atoms with E-state index in [1.165, 1.54) is 0 Å². The molecule has 2 aromatic heterocycles. The number of hydrogen-bond donors (Lipinski definition) is 0. The quantitative estimate of drug-likeness (QED) is 0.142. The molecule has 7 heteroatoms. The van der Waals surface area contributed by atoms with Crippen LogP contribution in [0, 0.1) is 37.0 Å². The number of rotatable bonds is 8. The summed E-state index contributed by atoms with van der Waals surface area (Å²) in [5, 5.41) is 11.7. The Bertz CT molecular complexity index is 3730. The van der Waals surface area contributed by atoms with Crippen molar-refractivity contribution in [2.75, 3.05) is 9.80 Å². The van der Waals surface area contributed by atoms with Crippen LogP contribution in [0.3, 0.4) is 0 Å². The molecule has 10 aromatic rings. The number of anilines is 4. The fourth-order valence-corrected chi connectivity index (χ4v) is 9.53. The van der Waals surface area contributed by atoms with E-state index in [4.69, 9.17) is 13.8 Å². The van der Waals surface area contributed by atoms with Crippen molar-refractivity contribution in [3.05, 3.63) is 223 Å². The number of para-hydroxylation sites is 3. The fraction of sp³-hybridized carbons (Fsp3) is 0.141. The first-order valence-corrected chi connectivity index (χ1v) is 23.6. The first kappa shape index (κ1) is 43.3. The third-order valence-corrected chi connectivity index (χ3v) is 13.2. The molecule has 0 atom stereocenters. The van der Waals surface area contributed by atoms with Crippen LogP contribution in [-0.2, 0) is 31.9 Å². The van der Waals surface area contributed by atoms with Gasteiger partial charge >= 0.3 is 0 Å². The zero-order valence-electron chi connectivity index (χ0n) is 43.4. The molecule has 0 radical (unpaired) electrons. The number of hydrogen-bond acceptors (Lipinski definition) is 5. The summed E-state index contributed by atoms with van der Waals surface area (Å²) >= 11 is 0. The Morgan fingerprint density at radius 2 is 1.24 bits per heavy atom. The molecule has 0 fully saturated rings. The SMILES string of the molecule is [2H]C([2H])([2H])c1c(C#N)cccc1-c1ccc2c(c1)c1ccc(Oc3[c-]c(N4[CH-]N(c5c(-c6ccccc6)cccc5-c5ccccc5)c5ccccc54)cc(C(C)(C)C)c3)[c-]c1n2-c1cc(C(C)(C)C)ccn1.[Pt].